The van der Waals surface area contributed by atoms with Gasteiger partial charge in [-0.15, -0.1) is 0 Å². The monoisotopic (exact) mass is 423 g/mol. The van der Waals surface area contributed by atoms with Crippen molar-refractivity contribution in [2.75, 3.05) is 11.4 Å². The maximum atomic E-state index is 13.2. The Labute approximate surface area is 187 Å². The summed E-state index contributed by atoms with van der Waals surface area (Å²) in [6, 6.07) is 22.0. The Hall–Kier alpha value is -3.80. The number of benzene rings is 2. The lowest BCUT2D eigenvalue weighted by Gasteiger charge is -2.31. The molecule has 1 atom stereocenters. The van der Waals surface area contributed by atoms with Crippen LogP contribution in [0.5, 0.6) is 0 Å². The summed E-state index contributed by atoms with van der Waals surface area (Å²) < 4.78 is 1.77. The molecule has 0 amide bonds. The van der Waals surface area contributed by atoms with Crippen LogP contribution < -0.4 is 10.5 Å². The van der Waals surface area contributed by atoms with Gasteiger partial charge in [0.25, 0.3) is 5.56 Å². The van der Waals surface area contributed by atoms with E-state index in [4.69, 9.17) is 9.97 Å². The molecule has 1 aliphatic heterocycles. The third-order valence-corrected chi connectivity index (χ3v) is 6.05. The van der Waals surface area contributed by atoms with Crippen LogP contribution in [0.1, 0.15) is 36.2 Å². The van der Waals surface area contributed by atoms with Crippen LogP contribution in [0, 0.1) is 6.92 Å². The van der Waals surface area contributed by atoms with Crippen molar-refractivity contribution in [2.45, 2.75) is 32.7 Å². The van der Waals surface area contributed by atoms with Crippen molar-refractivity contribution in [3.8, 4) is 11.3 Å². The number of aromatic nitrogens is 4. The highest BCUT2D eigenvalue weighted by Gasteiger charge is 2.25. The van der Waals surface area contributed by atoms with E-state index < -0.39 is 0 Å². The van der Waals surface area contributed by atoms with Gasteiger partial charge < -0.3 is 0 Å². The van der Waals surface area contributed by atoms with Gasteiger partial charge in [0.15, 0.2) is 0 Å². The topological polar surface area (TPSA) is 63.9 Å². The molecule has 0 N–H and O–H groups in total. The van der Waals surface area contributed by atoms with E-state index in [0.717, 1.165) is 35.9 Å². The molecule has 6 heteroatoms. The van der Waals surface area contributed by atoms with Crippen molar-refractivity contribution in [1.82, 2.24) is 19.5 Å². The Morgan fingerprint density at radius 3 is 2.38 bits per heavy atom. The van der Waals surface area contributed by atoms with Crippen LogP contribution in [-0.4, -0.2) is 26.1 Å². The van der Waals surface area contributed by atoms with Crippen LogP contribution >= 0.6 is 0 Å². The zero-order valence-corrected chi connectivity index (χ0v) is 18.3. The maximum absolute atomic E-state index is 13.2. The van der Waals surface area contributed by atoms with Gasteiger partial charge >= 0.3 is 0 Å². The predicted molar refractivity (Wildman–Crippen MR) is 126 cm³/mol. The average molecular weight is 424 g/mol. The van der Waals surface area contributed by atoms with E-state index in [1.54, 1.807) is 10.8 Å². The minimum absolute atomic E-state index is 0.00508. The highest BCUT2D eigenvalue weighted by Crippen LogP contribution is 2.30. The highest BCUT2D eigenvalue weighted by molar-refractivity contribution is 5.65. The molecular weight excluding hydrogens is 398 g/mol. The Bertz CT molecular complexity index is 1300. The second-order valence-electron chi connectivity index (χ2n) is 8.12. The van der Waals surface area contributed by atoms with Gasteiger partial charge in [-0.25, -0.2) is 15.0 Å². The van der Waals surface area contributed by atoms with Gasteiger partial charge in [-0.1, -0.05) is 67.6 Å². The fourth-order valence-corrected chi connectivity index (χ4v) is 4.24. The van der Waals surface area contributed by atoms with Crippen LogP contribution in [0.15, 0.2) is 77.7 Å². The van der Waals surface area contributed by atoms with E-state index in [0.29, 0.717) is 18.1 Å². The minimum Gasteiger partial charge on any atom is -0.296 e. The zero-order valence-electron chi connectivity index (χ0n) is 18.3. The molecule has 1 aliphatic rings. The quantitative estimate of drug-likeness (QED) is 0.476. The molecule has 0 radical (unpaired) electrons. The van der Waals surface area contributed by atoms with Gasteiger partial charge in [-0.05, 0) is 25.0 Å². The second-order valence-corrected chi connectivity index (χ2v) is 8.12. The molecule has 5 rings (SSSR count). The van der Waals surface area contributed by atoms with Crippen molar-refractivity contribution in [3.63, 3.8) is 0 Å². The molecule has 4 aromatic rings. The molecule has 2 aromatic carbocycles. The molecule has 160 valence electrons. The van der Waals surface area contributed by atoms with E-state index in [1.165, 1.54) is 5.56 Å². The second kappa shape index (κ2) is 8.38. The number of nitrogens with zero attached hydrogens (tertiary/aromatic N) is 5. The summed E-state index contributed by atoms with van der Waals surface area (Å²) in [6.07, 6.45) is 2.65. The van der Waals surface area contributed by atoms with Gasteiger partial charge in [-0.2, -0.15) is 0 Å². The average Bonchev–Trinajstić information content (AvgIpc) is 2.86. The predicted octanol–water partition coefficient (Wildman–Crippen LogP) is 4.70. The Kier molecular flexibility index (Phi) is 5.27. The normalized spacial score (nSPS) is 14.1. The first-order valence-corrected chi connectivity index (χ1v) is 11.0. The molecule has 0 saturated heterocycles. The molecule has 0 aliphatic carbocycles. The van der Waals surface area contributed by atoms with Crippen LogP contribution in [0.25, 0.3) is 11.3 Å². The fourth-order valence-electron chi connectivity index (χ4n) is 4.24. The first kappa shape index (κ1) is 20.1. The summed E-state index contributed by atoms with van der Waals surface area (Å²) in [5.74, 6) is 2.22. The molecule has 6 nitrogen and oxygen atoms in total. The third-order valence-electron chi connectivity index (χ3n) is 6.05. The SMILES string of the molecule is Cc1c(-c2ccccc2)nc2n(c1=O)CCCN2c1ccnc([C@@H](C)c2ccccc2)n1. The molecule has 0 saturated carbocycles. The maximum Gasteiger partial charge on any atom is 0.258 e. The summed E-state index contributed by atoms with van der Waals surface area (Å²) in [5.41, 5.74) is 3.51. The van der Waals surface area contributed by atoms with E-state index >= 15 is 0 Å². The van der Waals surface area contributed by atoms with E-state index in [2.05, 4.69) is 24.0 Å². The van der Waals surface area contributed by atoms with Gasteiger partial charge in [0.05, 0.1) is 5.69 Å². The minimum atomic E-state index is 0.00508. The van der Waals surface area contributed by atoms with Gasteiger partial charge in [-0.3, -0.25) is 14.3 Å². The summed E-state index contributed by atoms with van der Waals surface area (Å²) >= 11 is 0. The number of anilines is 2. The Morgan fingerprint density at radius 1 is 0.906 bits per heavy atom. The standard InChI is InChI=1S/C26H25N5O/c1-18(20-10-5-3-6-11-20)24-27-15-14-22(28-24)30-16-9-17-31-25(32)19(2)23(29-26(30)31)21-12-7-4-8-13-21/h3-8,10-15,18H,9,16-17H2,1-2H3/t18-/m0/s1. The van der Waals surface area contributed by atoms with Gasteiger partial charge in [0, 0.05) is 36.3 Å². The molecule has 0 bridgehead atoms. The van der Waals surface area contributed by atoms with Crippen LogP contribution in [0.4, 0.5) is 11.8 Å². The smallest absolute Gasteiger partial charge is 0.258 e. The van der Waals surface area contributed by atoms with E-state index in [9.17, 15) is 4.79 Å². The van der Waals surface area contributed by atoms with E-state index in [1.807, 2.05) is 66.4 Å². The van der Waals surface area contributed by atoms with E-state index in [-0.39, 0.29) is 11.5 Å². The highest BCUT2D eigenvalue weighted by atomic mass is 16.1. The van der Waals surface area contributed by atoms with Crippen molar-refractivity contribution in [2.24, 2.45) is 0 Å². The van der Waals surface area contributed by atoms with Gasteiger partial charge in [0.1, 0.15) is 11.6 Å². The number of fused-ring (bicyclic) bond motifs is 1. The summed E-state index contributed by atoms with van der Waals surface area (Å²) in [7, 11) is 0. The fraction of sp³-hybridized carbons (Fsp3) is 0.231. The molecule has 32 heavy (non-hydrogen) atoms. The summed E-state index contributed by atoms with van der Waals surface area (Å²) in [5, 5.41) is 0. The molecule has 0 fully saturated rings. The van der Waals surface area contributed by atoms with Crippen molar-refractivity contribution in [1.29, 1.82) is 0 Å². The molecule has 0 spiro atoms. The first-order chi connectivity index (χ1) is 15.6. The van der Waals surface area contributed by atoms with Crippen molar-refractivity contribution in [3.05, 3.63) is 100 Å². The Morgan fingerprint density at radius 2 is 1.62 bits per heavy atom. The molecule has 2 aromatic heterocycles. The Balaban J connectivity index is 1.59. The number of hydrogen-bond donors (Lipinski definition) is 0. The summed E-state index contributed by atoms with van der Waals surface area (Å²) in [4.78, 5) is 29.6. The summed E-state index contributed by atoms with van der Waals surface area (Å²) in [6.45, 7) is 5.37. The molecular formula is C26H25N5O. The first-order valence-electron chi connectivity index (χ1n) is 11.0. The largest absolute Gasteiger partial charge is 0.296 e. The molecule has 0 unspecified atom stereocenters. The lowest BCUT2D eigenvalue weighted by Crippen LogP contribution is -2.37. The third kappa shape index (κ3) is 3.58. The lowest BCUT2D eigenvalue weighted by molar-refractivity contribution is 0.558. The van der Waals surface area contributed by atoms with Crippen molar-refractivity contribution < 1.29 is 0 Å². The lowest BCUT2D eigenvalue weighted by atomic mass is 10.0. The van der Waals surface area contributed by atoms with Crippen molar-refractivity contribution >= 4 is 11.8 Å². The van der Waals surface area contributed by atoms with Crippen LogP contribution in [-0.2, 0) is 6.54 Å². The van der Waals surface area contributed by atoms with Crippen LogP contribution in [0.2, 0.25) is 0 Å². The van der Waals surface area contributed by atoms with Gasteiger partial charge in [0.2, 0.25) is 5.95 Å². The number of rotatable bonds is 4. The zero-order chi connectivity index (χ0) is 22.1. The molecule has 3 heterocycles. The number of hydrogen-bond acceptors (Lipinski definition) is 5. The van der Waals surface area contributed by atoms with Crippen LogP contribution in [0.3, 0.4) is 0 Å².